The molecule has 1 aliphatic carbocycles. The van der Waals surface area contributed by atoms with Crippen molar-refractivity contribution < 1.29 is 9.53 Å². The van der Waals surface area contributed by atoms with E-state index in [9.17, 15) is 4.79 Å². The molecule has 2 unspecified atom stereocenters. The Morgan fingerprint density at radius 1 is 1.29 bits per heavy atom. The van der Waals surface area contributed by atoms with Gasteiger partial charge >= 0.3 is 6.09 Å². The molecule has 1 heterocycles. The highest BCUT2D eigenvalue weighted by Crippen LogP contribution is 2.46. The Labute approximate surface area is 125 Å². The number of benzene rings is 1. The first-order valence-electron chi connectivity index (χ1n) is 7.39. The minimum Gasteiger partial charge on any atom is -0.444 e. The Morgan fingerprint density at radius 3 is 2.57 bits per heavy atom. The zero-order valence-corrected chi connectivity index (χ0v) is 12.7. The normalized spacial score (nSPS) is 23.4. The summed E-state index contributed by atoms with van der Waals surface area (Å²) in [5.74, 6) is 0.707. The molecule has 2 atom stereocenters. The van der Waals surface area contributed by atoms with Gasteiger partial charge in [-0.1, -0.05) is 6.07 Å². The van der Waals surface area contributed by atoms with Crippen molar-refractivity contribution >= 4 is 6.09 Å². The number of ether oxygens (including phenoxy) is 1. The van der Waals surface area contributed by atoms with E-state index in [0.29, 0.717) is 30.5 Å². The van der Waals surface area contributed by atoms with Crippen molar-refractivity contribution in [1.29, 1.82) is 5.26 Å². The molecule has 0 N–H and O–H groups in total. The molecule has 4 heteroatoms. The largest absolute Gasteiger partial charge is 0.444 e. The first kappa shape index (κ1) is 13.9. The molecule has 2 bridgehead atoms. The number of hydrogen-bond acceptors (Lipinski definition) is 3. The molecule has 3 rings (SSSR count). The maximum Gasteiger partial charge on any atom is 0.410 e. The number of carbonyl (C=O) groups is 1. The Kier molecular flexibility index (Phi) is 3.16. The molecule has 4 nitrogen and oxygen atoms in total. The molecule has 0 spiro atoms. The second-order valence-corrected chi connectivity index (χ2v) is 6.97. The highest BCUT2D eigenvalue weighted by Gasteiger charge is 2.40. The molecule has 1 amide bonds. The van der Waals surface area contributed by atoms with Crippen LogP contribution in [0.3, 0.4) is 0 Å². The molecular formula is C17H20N2O2. The minimum absolute atomic E-state index is 0.231. The van der Waals surface area contributed by atoms with E-state index in [-0.39, 0.29) is 6.09 Å². The van der Waals surface area contributed by atoms with Gasteiger partial charge in [-0.15, -0.1) is 0 Å². The number of amides is 1. The van der Waals surface area contributed by atoms with Crippen LogP contribution in [0, 0.1) is 11.3 Å². The van der Waals surface area contributed by atoms with E-state index in [0.717, 1.165) is 6.42 Å². The molecule has 1 aromatic carbocycles. The second kappa shape index (κ2) is 4.77. The van der Waals surface area contributed by atoms with Gasteiger partial charge < -0.3 is 9.64 Å². The topological polar surface area (TPSA) is 53.3 Å². The Balaban J connectivity index is 1.81. The van der Waals surface area contributed by atoms with Crippen molar-refractivity contribution in [3.05, 3.63) is 34.9 Å². The third-order valence-electron chi connectivity index (χ3n) is 4.20. The number of carbonyl (C=O) groups excluding carboxylic acids is 1. The molecular weight excluding hydrogens is 264 g/mol. The smallest absolute Gasteiger partial charge is 0.410 e. The summed E-state index contributed by atoms with van der Waals surface area (Å²) < 4.78 is 5.48. The summed E-state index contributed by atoms with van der Waals surface area (Å²) >= 11 is 0. The quantitative estimate of drug-likeness (QED) is 0.734. The number of likely N-dealkylation sites (tertiary alicyclic amines) is 1. The van der Waals surface area contributed by atoms with E-state index < -0.39 is 5.60 Å². The van der Waals surface area contributed by atoms with Crippen LogP contribution in [0.5, 0.6) is 0 Å². The Hall–Kier alpha value is -2.02. The second-order valence-electron chi connectivity index (χ2n) is 6.97. The molecule has 0 radical (unpaired) electrons. The van der Waals surface area contributed by atoms with Gasteiger partial charge in [0.15, 0.2) is 0 Å². The molecule has 1 aliphatic heterocycles. The zero-order valence-electron chi connectivity index (χ0n) is 12.7. The SMILES string of the molecule is CC(C)(C)OC(=O)N1CC2CC(C1)c1cc(C#N)ccc12. The lowest BCUT2D eigenvalue weighted by molar-refractivity contribution is 0.0193. The molecule has 1 aromatic rings. The third kappa shape index (κ3) is 2.61. The first-order chi connectivity index (χ1) is 9.87. The van der Waals surface area contributed by atoms with Gasteiger partial charge in [-0.2, -0.15) is 5.26 Å². The summed E-state index contributed by atoms with van der Waals surface area (Å²) in [6.07, 6.45) is 0.842. The van der Waals surface area contributed by atoms with Crippen molar-refractivity contribution in [1.82, 2.24) is 4.90 Å². The fourth-order valence-electron chi connectivity index (χ4n) is 3.39. The lowest BCUT2D eigenvalue weighted by Crippen LogP contribution is -2.42. The van der Waals surface area contributed by atoms with Gasteiger partial charge in [-0.25, -0.2) is 4.79 Å². The highest BCUT2D eigenvalue weighted by atomic mass is 16.6. The van der Waals surface area contributed by atoms with Gasteiger partial charge in [-0.05, 0) is 50.5 Å². The zero-order chi connectivity index (χ0) is 15.2. The van der Waals surface area contributed by atoms with Crippen LogP contribution in [-0.2, 0) is 4.74 Å². The molecule has 21 heavy (non-hydrogen) atoms. The number of piperidine rings is 1. The summed E-state index contributed by atoms with van der Waals surface area (Å²) in [6.45, 7) is 7.06. The average molecular weight is 284 g/mol. The lowest BCUT2D eigenvalue weighted by atomic mass is 9.96. The Morgan fingerprint density at radius 2 is 1.95 bits per heavy atom. The number of rotatable bonds is 0. The number of hydrogen-bond donors (Lipinski definition) is 0. The molecule has 110 valence electrons. The summed E-state index contributed by atoms with van der Waals surface area (Å²) in [5, 5.41) is 9.04. The van der Waals surface area contributed by atoms with Crippen molar-refractivity contribution in [2.75, 3.05) is 13.1 Å². The van der Waals surface area contributed by atoms with E-state index in [1.807, 2.05) is 37.8 Å². The number of nitriles is 1. The summed E-state index contributed by atoms with van der Waals surface area (Å²) in [4.78, 5) is 14.1. The molecule has 0 saturated carbocycles. The van der Waals surface area contributed by atoms with Crippen LogP contribution in [-0.4, -0.2) is 29.7 Å². The van der Waals surface area contributed by atoms with Crippen molar-refractivity contribution in [3.63, 3.8) is 0 Å². The van der Waals surface area contributed by atoms with E-state index >= 15 is 0 Å². The number of nitrogens with zero attached hydrogens (tertiary/aromatic N) is 2. The van der Waals surface area contributed by atoms with Gasteiger partial charge in [0.25, 0.3) is 0 Å². The predicted molar refractivity (Wildman–Crippen MR) is 79.1 cm³/mol. The van der Waals surface area contributed by atoms with Crippen molar-refractivity contribution in [2.45, 2.75) is 44.6 Å². The molecule has 0 aromatic heterocycles. The number of fused-ring (bicyclic) bond motifs is 5. The van der Waals surface area contributed by atoms with Gasteiger partial charge in [0.2, 0.25) is 0 Å². The monoisotopic (exact) mass is 284 g/mol. The highest BCUT2D eigenvalue weighted by molar-refractivity contribution is 5.69. The molecule has 2 aliphatic rings. The van der Waals surface area contributed by atoms with Crippen LogP contribution in [0.2, 0.25) is 0 Å². The minimum atomic E-state index is -0.464. The fourth-order valence-corrected chi connectivity index (χ4v) is 3.39. The summed E-state index contributed by atoms with van der Waals surface area (Å²) in [5.41, 5.74) is 2.77. The Bertz CT molecular complexity index is 625. The lowest BCUT2D eigenvalue weighted by Gasteiger charge is -2.33. The van der Waals surface area contributed by atoms with E-state index in [4.69, 9.17) is 10.00 Å². The van der Waals surface area contributed by atoms with Crippen LogP contribution < -0.4 is 0 Å². The fraction of sp³-hybridized carbons (Fsp3) is 0.529. The predicted octanol–water partition coefficient (Wildman–Crippen LogP) is 3.38. The average Bonchev–Trinajstić information content (AvgIpc) is 2.67. The van der Waals surface area contributed by atoms with Crippen LogP contribution in [0.25, 0.3) is 0 Å². The summed E-state index contributed by atoms with van der Waals surface area (Å²) in [7, 11) is 0. The summed E-state index contributed by atoms with van der Waals surface area (Å²) in [6, 6.07) is 8.11. The van der Waals surface area contributed by atoms with Crippen molar-refractivity contribution in [3.8, 4) is 6.07 Å². The van der Waals surface area contributed by atoms with Crippen LogP contribution >= 0.6 is 0 Å². The third-order valence-corrected chi connectivity index (χ3v) is 4.20. The van der Waals surface area contributed by atoms with Crippen LogP contribution in [0.1, 0.15) is 55.7 Å². The van der Waals surface area contributed by atoms with Gasteiger partial charge in [-0.3, -0.25) is 0 Å². The maximum absolute atomic E-state index is 12.3. The van der Waals surface area contributed by atoms with E-state index in [1.54, 1.807) is 0 Å². The van der Waals surface area contributed by atoms with E-state index in [2.05, 4.69) is 12.1 Å². The molecule has 1 fully saturated rings. The van der Waals surface area contributed by atoms with Crippen LogP contribution in [0.15, 0.2) is 18.2 Å². The maximum atomic E-state index is 12.3. The standard InChI is InChI=1S/C17H20N2O2/c1-17(2,3)21-16(20)19-9-12-7-13(10-19)15-6-11(8-18)4-5-14(12)15/h4-6,12-13H,7,9-10H2,1-3H3. The van der Waals surface area contributed by atoms with E-state index in [1.165, 1.54) is 11.1 Å². The van der Waals surface area contributed by atoms with Gasteiger partial charge in [0.05, 0.1) is 11.6 Å². The van der Waals surface area contributed by atoms with Crippen molar-refractivity contribution in [2.24, 2.45) is 0 Å². The first-order valence-corrected chi connectivity index (χ1v) is 7.39. The molecule has 1 saturated heterocycles. The van der Waals surface area contributed by atoms with Gasteiger partial charge in [0, 0.05) is 24.9 Å². The van der Waals surface area contributed by atoms with Crippen LogP contribution in [0.4, 0.5) is 4.79 Å². The van der Waals surface area contributed by atoms with Gasteiger partial charge in [0.1, 0.15) is 5.60 Å².